The third kappa shape index (κ3) is 3.21. The van der Waals surface area contributed by atoms with Crippen LogP contribution < -0.4 is 0 Å². The van der Waals surface area contributed by atoms with Gasteiger partial charge in [0.15, 0.2) is 9.84 Å². The van der Waals surface area contributed by atoms with E-state index in [2.05, 4.69) is 0 Å². The van der Waals surface area contributed by atoms with Crippen molar-refractivity contribution < 1.29 is 13.5 Å². The van der Waals surface area contributed by atoms with Crippen LogP contribution in [0.2, 0.25) is 0 Å². The van der Waals surface area contributed by atoms with E-state index in [4.69, 9.17) is 0 Å². The Morgan fingerprint density at radius 3 is 2.28 bits per heavy atom. The second kappa shape index (κ2) is 5.24. The fraction of sp³-hybridized carbons (Fsp3) is 0.429. The minimum atomic E-state index is -3.44. The van der Waals surface area contributed by atoms with Crippen molar-refractivity contribution in [2.75, 3.05) is 0 Å². The zero-order valence-electron chi connectivity index (χ0n) is 10.2. The van der Waals surface area contributed by atoms with Gasteiger partial charge in [-0.3, -0.25) is 0 Å². The molecule has 0 unspecified atom stereocenters. The molecule has 1 aliphatic carbocycles. The van der Waals surface area contributed by atoms with Crippen LogP contribution in [0.5, 0.6) is 0 Å². The molecule has 0 amide bonds. The molecule has 3 nitrogen and oxygen atoms in total. The number of benzene rings is 1. The van der Waals surface area contributed by atoms with Crippen LogP contribution in [-0.2, 0) is 9.84 Å². The monoisotopic (exact) mass is 266 g/mol. The molecule has 18 heavy (non-hydrogen) atoms. The third-order valence-electron chi connectivity index (χ3n) is 3.35. The highest BCUT2D eigenvalue weighted by Crippen LogP contribution is 2.29. The van der Waals surface area contributed by atoms with Crippen molar-refractivity contribution in [1.82, 2.24) is 0 Å². The highest BCUT2D eigenvalue weighted by molar-refractivity contribution is 7.94. The van der Waals surface area contributed by atoms with Crippen LogP contribution in [0.25, 0.3) is 0 Å². The standard InChI is InChI=1S/C14H18O3S/c15-14(9-5-2-6-10-14)11-12-18(16,17)13-7-3-1-4-8-13/h1,3-4,7-8,11-12,15H,2,5-6,9-10H2/b12-11+. The summed E-state index contributed by atoms with van der Waals surface area (Å²) < 4.78 is 24.0. The molecule has 0 spiro atoms. The summed E-state index contributed by atoms with van der Waals surface area (Å²) in [5.74, 6) is 0. The molecule has 0 aromatic heterocycles. The lowest BCUT2D eigenvalue weighted by molar-refractivity contribution is 0.0515. The van der Waals surface area contributed by atoms with Crippen molar-refractivity contribution in [3.8, 4) is 0 Å². The lowest BCUT2D eigenvalue weighted by Gasteiger charge is -2.28. The lowest BCUT2D eigenvalue weighted by atomic mass is 9.85. The van der Waals surface area contributed by atoms with E-state index in [0.29, 0.717) is 12.8 Å². The van der Waals surface area contributed by atoms with Crippen LogP contribution in [0.4, 0.5) is 0 Å². The molecule has 98 valence electrons. The molecule has 0 heterocycles. The van der Waals surface area contributed by atoms with Crippen molar-refractivity contribution in [3.05, 3.63) is 41.8 Å². The number of hydrogen-bond acceptors (Lipinski definition) is 3. The van der Waals surface area contributed by atoms with Crippen molar-refractivity contribution in [2.24, 2.45) is 0 Å². The smallest absolute Gasteiger partial charge is 0.199 e. The number of rotatable bonds is 3. The van der Waals surface area contributed by atoms with Gasteiger partial charge in [-0.05, 0) is 31.1 Å². The Kier molecular flexibility index (Phi) is 3.88. The first kappa shape index (κ1) is 13.3. The van der Waals surface area contributed by atoms with Crippen LogP contribution >= 0.6 is 0 Å². The van der Waals surface area contributed by atoms with Gasteiger partial charge in [-0.25, -0.2) is 8.42 Å². The van der Waals surface area contributed by atoms with Gasteiger partial charge in [0.25, 0.3) is 0 Å². The molecule has 0 radical (unpaired) electrons. The third-order valence-corrected chi connectivity index (χ3v) is 4.77. The van der Waals surface area contributed by atoms with Gasteiger partial charge in [0.1, 0.15) is 0 Å². The molecule has 1 aromatic carbocycles. The van der Waals surface area contributed by atoms with Gasteiger partial charge in [0.2, 0.25) is 0 Å². The lowest BCUT2D eigenvalue weighted by Crippen LogP contribution is -2.28. The van der Waals surface area contributed by atoms with Crippen LogP contribution in [0.1, 0.15) is 32.1 Å². The van der Waals surface area contributed by atoms with E-state index in [0.717, 1.165) is 24.7 Å². The summed E-state index contributed by atoms with van der Waals surface area (Å²) >= 11 is 0. The number of aliphatic hydroxyl groups is 1. The highest BCUT2D eigenvalue weighted by atomic mass is 32.2. The molecule has 1 N–H and O–H groups in total. The maximum Gasteiger partial charge on any atom is 0.199 e. The van der Waals surface area contributed by atoms with Gasteiger partial charge < -0.3 is 5.11 Å². The summed E-state index contributed by atoms with van der Waals surface area (Å²) in [6.45, 7) is 0. The SMILES string of the molecule is O=S(=O)(/C=C/C1(O)CCCCC1)c1ccccc1. The van der Waals surface area contributed by atoms with Crippen LogP contribution in [0, 0.1) is 0 Å². The highest BCUT2D eigenvalue weighted by Gasteiger charge is 2.26. The van der Waals surface area contributed by atoms with Gasteiger partial charge in [-0.2, -0.15) is 0 Å². The first-order valence-corrected chi connectivity index (χ1v) is 7.78. The predicted octanol–water partition coefficient (Wildman–Crippen LogP) is 2.67. The molecule has 1 aliphatic rings. The molecule has 0 saturated heterocycles. The minimum absolute atomic E-state index is 0.264. The van der Waals surface area contributed by atoms with E-state index in [9.17, 15) is 13.5 Å². The van der Waals surface area contributed by atoms with Crippen molar-refractivity contribution in [3.63, 3.8) is 0 Å². The van der Waals surface area contributed by atoms with E-state index < -0.39 is 15.4 Å². The molecular weight excluding hydrogens is 248 g/mol. The zero-order valence-corrected chi connectivity index (χ0v) is 11.1. The minimum Gasteiger partial charge on any atom is -0.386 e. The summed E-state index contributed by atoms with van der Waals surface area (Å²) in [4.78, 5) is 0.264. The normalized spacial score (nSPS) is 20.1. The fourth-order valence-electron chi connectivity index (χ4n) is 2.24. The van der Waals surface area contributed by atoms with Gasteiger partial charge in [0.05, 0.1) is 10.5 Å². The Balaban J connectivity index is 2.18. The first-order valence-electron chi connectivity index (χ1n) is 6.24. The molecule has 0 aliphatic heterocycles. The molecule has 0 bridgehead atoms. The van der Waals surface area contributed by atoms with Crippen LogP contribution in [-0.4, -0.2) is 19.1 Å². The molecule has 4 heteroatoms. The van der Waals surface area contributed by atoms with E-state index >= 15 is 0 Å². The van der Waals surface area contributed by atoms with Gasteiger partial charge in [-0.1, -0.05) is 37.5 Å². The molecular formula is C14H18O3S. The van der Waals surface area contributed by atoms with Gasteiger partial charge in [-0.15, -0.1) is 0 Å². The Hall–Kier alpha value is -1.13. The van der Waals surface area contributed by atoms with Crippen molar-refractivity contribution in [1.29, 1.82) is 0 Å². The summed E-state index contributed by atoms with van der Waals surface area (Å²) in [6, 6.07) is 8.28. The number of hydrogen-bond donors (Lipinski definition) is 1. The van der Waals surface area contributed by atoms with Crippen LogP contribution in [0.3, 0.4) is 0 Å². The van der Waals surface area contributed by atoms with E-state index in [1.807, 2.05) is 0 Å². The van der Waals surface area contributed by atoms with Crippen molar-refractivity contribution in [2.45, 2.75) is 42.6 Å². The predicted molar refractivity (Wildman–Crippen MR) is 70.8 cm³/mol. The maximum atomic E-state index is 12.0. The number of sulfone groups is 1. The van der Waals surface area contributed by atoms with Crippen LogP contribution in [0.15, 0.2) is 46.7 Å². The summed E-state index contributed by atoms with van der Waals surface area (Å²) in [5, 5.41) is 11.4. The molecule has 1 saturated carbocycles. The average Bonchev–Trinajstić information content (AvgIpc) is 2.39. The Bertz CT molecular complexity index is 511. The molecule has 0 atom stereocenters. The first-order chi connectivity index (χ1) is 8.52. The van der Waals surface area contributed by atoms with E-state index in [1.54, 1.807) is 30.3 Å². The second-order valence-corrected chi connectivity index (χ2v) is 6.66. The second-order valence-electron chi connectivity index (χ2n) is 4.83. The topological polar surface area (TPSA) is 54.4 Å². The molecule has 1 fully saturated rings. The Labute approximate surface area is 108 Å². The summed E-state index contributed by atoms with van der Waals surface area (Å²) in [7, 11) is -3.44. The Morgan fingerprint density at radius 2 is 1.67 bits per heavy atom. The van der Waals surface area contributed by atoms with Gasteiger partial charge in [0, 0.05) is 5.41 Å². The quantitative estimate of drug-likeness (QED) is 0.915. The zero-order chi connectivity index (χ0) is 13.1. The van der Waals surface area contributed by atoms with E-state index in [1.165, 1.54) is 6.08 Å². The maximum absolute atomic E-state index is 12.0. The largest absolute Gasteiger partial charge is 0.386 e. The molecule has 1 aromatic rings. The van der Waals surface area contributed by atoms with E-state index in [-0.39, 0.29) is 4.90 Å². The van der Waals surface area contributed by atoms with Gasteiger partial charge >= 0.3 is 0 Å². The fourth-order valence-corrected chi connectivity index (χ4v) is 3.36. The van der Waals surface area contributed by atoms with Crippen molar-refractivity contribution >= 4 is 9.84 Å². The molecule has 2 rings (SSSR count). The summed E-state index contributed by atoms with van der Waals surface area (Å²) in [6.07, 6.45) is 5.76. The Morgan fingerprint density at radius 1 is 1.06 bits per heavy atom. The summed E-state index contributed by atoms with van der Waals surface area (Å²) in [5.41, 5.74) is -0.944. The average molecular weight is 266 g/mol.